The minimum Gasteiger partial charge on any atom is -0.481 e. The Kier molecular flexibility index (Phi) is 3.06. The van der Waals surface area contributed by atoms with E-state index in [0.717, 1.165) is 11.5 Å². The number of hydrogen-bond acceptors (Lipinski definition) is 5. The highest BCUT2D eigenvalue weighted by molar-refractivity contribution is 7.10. The summed E-state index contributed by atoms with van der Waals surface area (Å²) >= 11 is 6.83. The van der Waals surface area contributed by atoms with E-state index in [9.17, 15) is 4.79 Å². The van der Waals surface area contributed by atoms with Crippen molar-refractivity contribution in [3.63, 3.8) is 0 Å². The van der Waals surface area contributed by atoms with Crippen LogP contribution in [0.4, 0.5) is 5.95 Å². The molecular formula is C8H10ClN3O2S. The van der Waals surface area contributed by atoms with E-state index in [4.69, 9.17) is 16.7 Å². The molecule has 0 aromatic carbocycles. The van der Waals surface area contributed by atoms with E-state index in [2.05, 4.69) is 9.36 Å². The van der Waals surface area contributed by atoms with Crippen LogP contribution in [0.1, 0.15) is 12.8 Å². The Labute approximate surface area is 95.9 Å². The summed E-state index contributed by atoms with van der Waals surface area (Å²) in [6, 6.07) is 0. The maximum atomic E-state index is 10.7. The molecule has 0 saturated carbocycles. The molecule has 0 bridgehead atoms. The first-order chi connectivity index (χ1) is 7.16. The van der Waals surface area contributed by atoms with E-state index in [1.165, 1.54) is 0 Å². The van der Waals surface area contributed by atoms with Gasteiger partial charge in [0.2, 0.25) is 10.4 Å². The van der Waals surface area contributed by atoms with Crippen LogP contribution in [0.2, 0.25) is 4.47 Å². The molecule has 1 aliphatic heterocycles. The van der Waals surface area contributed by atoms with Gasteiger partial charge in [-0.3, -0.25) is 4.79 Å². The number of nitrogens with zero attached hydrogens (tertiary/aromatic N) is 3. The molecule has 0 radical (unpaired) electrons. The van der Waals surface area contributed by atoms with E-state index in [1.807, 2.05) is 4.90 Å². The molecule has 7 heteroatoms. The second-order valence-corrected chi connectivity index (χ2v) is 4.78. The SMILES string of the molecule is O=C(O)C1CCN(c2nsc(Cl)n2)CC1. The first kappa shape index (κ1) is 10.6. The molecule has 2 heterocycles. The minimum absolute atomic E-state index is 0.227. The summed E-state index contributed by atoms with van der Waals surface area (Å²) in [5.41, 5.74) is 0. The van der Waals surface area contributed by atoms with Crippen LogP contribution in [0.15, 0.2) is 0 Å². The molecule has 1 N–H and O–H groups in total. The number of carbonyl (C=O) groups is 1. The van der Waals surface area contributed by atoms with Gasteiger partial charge in [0.1, 0.15) is 0 Å². The normalized spacial score (nSPS) is 18.1. The molecule has 5 nitrogen and oxygen atoms in total. The predicted molar refractivity (Wildman–Crippen MR) is 57.5 cm³/mol. The van der Waals surface area contributed by atoms with Crippen molar-refractivity contribution >= 4 is 35.1 Å². The van der Waals surface area contributed by atoms with E-state index in [-0.39, 0.29) is 5.92 Å². The average Bonchev–Trinajstić information content (AvgIpc) is 2.65. The molecule has 1 fully saturated rings. The maximum Gasteiger partial charge on any atom is 0.306 e. The summed E-state index contributed by atoms with van der Waals surface area (Å²) in [4.78, 5) is 16.8. The Hall–Kier alpha value is -0.880. The fraction of sp³-hybridized carbons (Fsp3) is 0.625. The van der Waals surface area contributed by atoms with Crippen LogP contribution >= 0.6 is 23.1 Å². The lowest BCUT2D eigenvalue weighted by molar-refractivity contribution is -0.142. The number of hydrogen-bond donors (Lipinski definition) is 1. The van der Waals surface area contributed by atoms with Gasteiger partial charge in [-0.15, -0.1) is 0 Å². The van der Waals surface area contributed by atoms with E-state index < -0.39 is 5.97 Å². The molecule has 0 aliphatic carbocycles. The number of rotatable bonds is 2. The number of carboxylic acids is 1. The van der Waals surface area contributed by atoms with Crippen LogP contribution in [0.25, 0.3) is 0 Å². The van der Waals surface area contributed by atoms with Crippen molar-refractivity contribution in [1.82, 2.24) is 9.36 Å². The topological polar surface area (TPSA) is 66.3 Å². The van der Waals surface area contributed by atoms with Crippen LogP contribution in [0, 0.1) is 5.92 Å². The third kappa shape index (κ3) is 2.38. The highest BCUT2D eigenvalue weighted by atomic mass is 35.5. The van der Waals surface area contributed by atoms with Crippen molar-refractivity contribution in [3.8, 4) is 0 Å². The van der Waals surface area contributed by atoms with Crippen molar-refractivity contribution in [2.45, 2.75) is 12.8 Å². The number of carboxylic acid groups (broad SMARTS) is 1. The van der Waals surface area contributed by atoms with Crippen molar-refractivity contribution in [2.75, 3.05) is 18.0 Å². The highest BCUT2D eigenvalue weighted by Gasteiger charge is 2.26. The Bertz CT molecular complexity index is 363. The molecule has 0 spiro atoms. The van der Waals surface area contributed by atoms with Crippen LogP contribution in [-0.4, -0.2) is 33.5 Å². The standard InChI is InChI=1S/C8H10ClN3O2S/c9-7-10-8(11-15-7)12-3-1-5(2-4-12)6(13)14/h5H,1-4H2,(H,13,14). The van der Waals surface area contributed by atoms with Gasteiger partial charge in [0.15, 0.2) is 0 Å². The monoisotopic (exact) mass is 247 g/mol. The van der Waals surface area contributed by atoms with Crippen LogP contribution in [0.5, 0.6) is 0 Å². The van der Waals surface area contributed by atoms with Gasteiger partial charge in [0.25, 0.3) is 0 Å². The molecule has 15 heavy (non-hydrogen) atoms. The molecular weight excluding hydrogens is 238 g/mol. The van der Waals surface area contributed by atoms with Gasteiger partial charge in [0.05, 0.1) is 5.92 Å². The lowest BCUT2D eigenvalue weighted by Crippen LogP contribution is -2.36. The van der Waals surface area contributed by atoms with Gasteiger partial charge in [-0.05, 0) is 24.4 Å². The molecule has 1 aromatic heterocycles. The molecule has 0 atom stereocenters. The summed E-state index contributed by atoms with van der Waals surface area (Å²) in [6.45, 7) is 1.37. The zero-order chi connectivity index (χ0) is 10.8. The van der Waals surface area contributed by atoms with Crippen LogP contribution in [0.3, 0.4) is 0 Å². The van der Waals surface area contributed by atoms with Gasteiger partial charge in [-0.25, -0.2) is 0 Å². The third-order valence-corrected chi connectivity index (χ3v) is 3.31. The smallest absolute Gasteiger partial charge is 0.306 e. The lowest BCUT2D eigenvalue weighted by Gasteiger charge is -2.28. The number of halogens is 1. The highest BCUT2D eigenvalue weighted by Crippen LogP contribution is 2.23. The molecule has 0 unspecified atom stereocenters. The quantitative estimate of drug-likeness (QED) is 0.858. The Morgan fingerprint density at radius 2 is 2.20 bits per heavy atom. The summed E-state index contributed by atoms with van der Waals surface area (Å²) in [7, 11) is 0. The molecule has 82 valence electrons. The first-order valence-corrected chi connectivity index (χ1v) is 5.79. The van der Waals surface area contributed by atoms with Crippen molar-refractivity contribution < 1.29 is 9.90 Å². The largest absolute Gasteiger partial charge is 0.481 e. The molecule has 0 amide bonds. The fourth-order valence-electron chi connectivity index (χ4n) is 1.65. The molecule has 1 aliphatic rings. The van der Waals surface area contributed by atoms with E-state index in [1.54, 1.807) is 0 Å². The van der Waals surface area contributed by atoms with Gasteiger partial charge < -0.3 is 10.0 Å². The number of aromatic nitrogens is 2. The molecule has 1 saturated heterocycles. The lowest BCUT2D eigenvalue weighted by atomic mass is 9.97. The van der Waals surface area contributed by atoms with Gasteiger partial charge in [0, 0.05) is 24.6 Å². The summed E-state index contributed by atoms with van der Waals surface area (Å²) in [5, 5.41) is 8.83. The van der Waals surface area contributed by atoms with Crippen LogP contribution < -0.4 is 4.90 Å². The van der Waals surface area contributed by atoms with Crippen molar-refractivity contribution in [1.29, 1.82) is 0 Å². The Morgan fingerprint density at radius 3 is 2.67 bits per heavy atom. The minimum atomic E-state index is -0.709. The van der Waals surface area contributed by atoms with E-state index >= 15 is 0 Å². The van der Waals surface area contributed by atoms with Crippen LogP contribution in [-0.2, 0) is 4.79 Å². The van der Waals surface area contributed by atoms with Gasteiger partial charge >= 0.3 is 5.97 Å². The average molecular weight is 248 g/mol. The Morgan fingerprint density at radius 1 is 1.53 bits per heavy atom. The summed E-state index contributed by atoms with van der Waals surface area (Å²) in [5.74, 6) is -0.317. The Balaban J connectivity index is 1.96. The number of piperidine rings is 1. The zero-order valence-electron chi connectivity index (χ0n) is 7.89. The second kappa shape index (κ2) is 4.32. The molecule has 2 rings (SSSR count). The fourth-order valence-corrected chi connectivity index (χ4v) is 2.27. The van der Waals surface area contributed by atoms with Crippen molar-refractivity contribution in [2.24, 2.45) is 5.92 Å². The summed E-state index contributed by atoms with van der Waals surface area (Å²) in [6.07, 6.45) is 1.29. The van der Waals surface area contributed by atoms with E-state index in [0.29, 0.717) is 36.3 Å². The maximum absolute atomic E-state index is 10.7. The predicted octanol–water partition coefficient (Wildman–Crippen LogP) is 1.49. The second-order valence-electron chi connectivity index (χ2n) is 3.45. The number of anilines is 1. The first-order valence-electron chi connectivity index (χ1n) is 4.64. The zero-order valence-corrected chi connectivity index (χ0v) is 9.46. The summed E-state index contributed by atoms with van der Waals surface area (Å²) < 4.78 is 4.51. The van der Waals surface area contributed by atoms with Gasteiger partial charge in [-0.1, -0.05) is 0 Å². The van der Waals surface area contributed by atoms with Gasteiger partial charge in [-0.2, -0.15) is 9.36 Å². The van der Waals surface area contributed by atoms with Crippen molar-refractivity contribution in [3.05, 3.63) is 4.47 Å². The molecule has 1 aromatic rings. The third-order valence-electron chi connectivity index (χ3n) is 2.52. The number of aliphatic carboxylic acids is 1.